The highest BCUT2D eigenvalue weighted by molar-refractivity contribution is 6.32. The van der Waals surface area contributed by atoms with Crippen LogP contribution in [0.15, 0.2) is 24.3 Å². The van der Waals surface area contributed by atoms with Crippen molar-refractivity contribution >= 4 is 29.1 Å². The summed E-state index contributed by atoms with van der Waals surface area (Å²) >= 11 is 5.96. The van der Waals surface area contributed by atoms with E-state index in [1.165, 1.54) is 4.90 Å². The summed E-state index contributed by atoms with van der Waals surface area (Å²) in [4.78, 5) is 28.1. The lowest BCUT2D eigenvalue weighted by atomic mass is 10.1. The first-order valence-corrected chi connectivity index (χ1v) is 7.81. The summed E-state index contributed by atoms with van der Waals surface area (Å²) in [6.45, 7) is 5.73. The lowest BCUT2D eigenvalue weighted by Crippen LogP contribution is -2.48. The molecule has 0 radical (unpaired) electrons. The number of alkyl halides is 1. The Hall–Kier alpha value is -1.59. The number of benzene rings is 1. The van der Waals surface area contributed by atoms with E-state index in [1.54, 1.807) is 11.8 Å². The molecular formula is C16H21ClN2O3. The van der Waals surface area contributed by atoms with Crippen LogP contribution in [0.25, 0.3) is 0 Å². The van der Waals surface area contributed by atoms with Crippen LogP contribution < -0.4 is 4.90 Å². The van der Waals surface area contributed by atoms with Crippen LogP contribution >= 0.6 is 11.6 Å². The van der Waals surface area contributed by atoms with Crippen molar-refractivity contribution < 1.29 is 14.3 Å². The topological polar surface area (TPSA) is 49.9 Å². The van der Waals surface area contributed by atoms with Crippen LogP contribution in [0, 0.1) is 6.92 Å². The number of carbonyl (C=O) groups excluding carboxylic acids is 2. The Morgan fingerprint density at radius 2 is 1.95 bits per heavy atom. The number of rotatable bonds is 4. The van der Waals surface area contributed by atoms with Crippen LogP contribution in [0.1, 0.15) is 12.5 Å². The van der Waals surface area contributed by atoms with Crippen LogP contribution in [0.4, 0.5) is 5.69 Å². The van der Waals surface area contributed by atoms with Crippen molar-refractivity contribution in [2.75, 3.05) is 37.7 Å². The second-order valence-electron chi connectivity index (χ2n) is 5.32. The van der Waals surface area contributed by atoms with Gasteiger partial charge < -0.3 is 14.5 Å². The Morgan fingerprint density at radius 3 is 2.55 bits per heavy atom. The smallest absolute Gasteiger partial charge is 0.245 e. The summed E-state index contributed by atoms with van der Waals surface area (Å²) < 4.78 is 5.25. The first kappa shape index (κ1) is 16.8. The van der Waals surface area contributed by atoms with Gasteiger partial charge in [0.25, 0.3) is 0 Å². The molecule has 5 nitrogen and oxygen atoms in total. The first-order valence-electron chi connectivity index (χ1n) is 7.37. The van der Waals surface area contributed by atoms with Gasteiger partial charge in [0.15, 0.2) is 0 Å². The van der Waals surface area contributed by atoms with E-state index in [-0.39, 0.29) is 18.4 Å². The molecular weight excluding hydrogens is 304 g/mol. The zero-order valence-electron chi connectivity index (χ0n) is 12.9. The molecule has 1 atom stereocenters. The molecule has 2 rings (SSSR count). The highest BCUT2D eigenvalue weighted by Crippen LogP contribution is 2.21. The van der Waals surface area contributed by atoms with Crippen molar-refractivity contribution in [3.05, 3.63) is 29.8 Å². The molecule has 1 aromatic rings. The summed E-state index contributed by atoms with van der Waals surface area (Å²) in [6, 6.07) is 7.49. The van der Waals surface area contributed by atoms with Crippen molar-refractivity contribution in [3.63, 3.8) is 0 Å². The second-order valence-corrected chi connectivity index (χ2v) is 5.97. The molecule has 1 aliphatic heterocycles. The molecule has 1 saturated heterocycles. The van der Waals surface area contributed by atoms with Crippen LogP contribution in [0.5, 0.6) is 0 Å². The molecule has 1 aliphatic rings. The van der Waals surface area contributed by atoms with Gasteiger partial charge >= 0.3 is 0 Å². The van der Waals surface area contributed by atoms with E-state index in [0.29, 0.717) is 26.3 Å². The minimum Gasteiger partial charge on any atom is -0.378 e. The van der Waals surface area contributed by atoms with E-state index in [2.05, 4.69) is 0 Å². The van der Waals surface area contributed by atoms with Crippen molar-refractivity contribution in [1.82, 2.24) is 4.90 Å². The van der Waals surface area contributed by atoms with Gasteiger partial charge in [0.1, 0.15) is 11.9 Å². The molecule has 1 heterocycles. The van der Waals surface area contributed by atoms with Crippen molar-refractivity contribution in [2.45, 2.75) is 19.2 Å². The highest BCUT2D eigenvalue weighted by atomic mass is 35.5. The summed E-state index contributed by atoms with van der Waals surface area (Å²) in [5, 5.41) is -0.683. The standard InChI is InChI=1S/C16H21ClN2O3/c1-12-5-3-4-6-14(12)19(16(21)13(2)17)11-15(20)18-7-9-22-10-8-18/h3-6,13H,7-11H2,1-2H3. The van der Waals surface area contributed by atoms with Gasteiger partial charge in [-0.2, -0.15) is 0 Å². The Labute approximate surface area is 135 Å². The molecule has 1 unspecified atom stereocenters. The largest absolute Gasteiger partial charge is 0.378 e. The number of hydrogen-bond donors (Lipinski definition) is 0. The zero-order valence-corrected chi connectivity index (χ0v) is 13.7. The molecule has 2 amide bonds. The monoisotopic (exact) mass is 324 g/mol. The minimum absolute atomic E-state index is 0.000741. The van der Waals surface area contributed by atoms with Crippen molar-refractivity contribution in [2.24, 2.45) is 0 Å². The Bertz CT molecular complexity index is 542. The third kappa shape index (κ3) is 3.99. The van der Waals surface area contributed by atoms with Gasteiger partial charge in [-0.1, -0.05) is 18.2 Å². The molecule has 1 fully saturated rings. The van der Waals surface area contributed by atoms with Gasteiger partial charge in [-0.15, -0.1) is 11.6 Å². The zero-order chi connectivity index (χ0) is 16.1. The number of carbonyl (C=O) groups is 2. The molecule has 120 valence electrons. The summed E-state index contributed by atoms with van der Waals surface area (Å²) in [5.41, 5.74) is 1.66. The number of anilines is 1. The molecule has 1 aromatic carbocycles. The third-order valence-corrected chi connectivity index (χ3v) is 3.86. The lowest BCUT2D eigenvalue weighted by Gasteiger charge is -2.31. The molecule has 0 N–H and O–H groups in total. The quantitative estimate of drug-likeness (QED) is 0.794. The van der Waals surface area contributed by atoms with Gasteiger partial charge in [-0.25, -0.2) is 0 Å². The summed E-state index contributed by atoms with van der Waals surface area (Å²) in [5.74, 6) is -0.352. The van der Waals surface area contributed by atoms with E-state index in [9.17, 15) is 9.59 Å². The Balaban J connectivity index is 2.20. The Morgan fingerprint density at radius 1 is 1.32 bits per heavy atom. The summed E-state index contributed by atoms with van der Waals surface area (Å²) in [7, 11) is 0. The number of morpholine rings is 1. The fourth-order valence-corrected chi connectivity index (χ4v) is 2.53. The first-order chi connectivity index (χ1) is 10.5. The van der Waals surface area contributed by atoms with Gasteiger partial charge in [-0.3, -0.25) is 9.59 Å². The van der Waals surface area contributed by atoms with Gasteiger partial charge in [0, 0.05) is 18.8 Å². The molecule has 0 saturated carbocycles. The highest BCUT2D eigenvalue weighted by Gasteiger charge is 2.26. The number of aryl methyl sites for hydroxylation is 1. The maximum Gasteiger partial charge on any atom is 0.245 e. The third-order valence-electron chi connectivity index (χ3n) is 3.67. The van der Waals surface area contributed by atoms with E-state index < -0.39 is 5.38 Å². The molecule has 6 heteroatoms. The maximum atomic E-state index is 12.5. The number of hydrogen-bond acceptors (Lipinski definition) is 3. The van der Waals surface area contributed by atoms with Crippen LogP contribution in [0.2, 0.25) is 0 Å². The average molecular weight is 325 g/mol. The lowest BCUT2D eigenvalue weighted by molar-refractivity contribution is -0.135. The van der Waals surface area contributed by atoms with Gasteiger partial charge in [0.2, 0.25) is 11.8 Å². The fraction of sp³-hybridized carbons (Fsp3) is 0.500. The maximum absolute atomic E-state index is 12.5. The number of para-hydroxylation sites is 1. The van der Waals surface area contributed by atoms with Gasteiger partial charge in [-0.05, 0) is 25.5 Å². The minimum atomic E-state index is -0.683. The SMILES string of the molecule is Cc1ccccc1N(CC(=O)N1CCOCC1)C(=O)C(C)Cl. The van der Waals surface area contributed by atoms with E-state index in [4.69, 9.17) is 16.3 Å². The van der Waals surface area contributed by atoms with E-state index in [1.807, 2.05) is 31.2 Å². The number of halogens is 1. The predicted molar refractivity (Wildman–Crippen MR) is 86.2 cm³/mol. The van der Waals surface area contributed by atoms with E-state index in [0.717, 1.165) is 11.3 Å². The molecule has 22 heavy (non-hydrogen) atoms. The fourth-order valence-electron chi connectivity index (χ4n) is 2.41. The molecule has 0 aromatic heterocycles. The molecule has 0 aliphatic carbocycles. The second kappa shape index (κ2) is 7.61. The number of nitrogens with zero attached hydrogens (tertiary/aromatic N) is 2. The van der Waals surface area contributed by atoms with Crippen LogP contribution in [0.3, 0.4) is 0 Å². The normalized spacial score (nSPS) is 16.2. The molecule has 0 bridgehead atoms. The predicted octanol–water partition coefficient (Wildman–Crippen LogP) is 1.81. The van der Waals surface area contributed by atoms with Crippen molar-refractivity contribution in [1.29, 1.82) is 0 Å². The summed E-state index contributed by atoms with van der Waals surface area (Å²) in [6.07, 6.45) is 0. The number of ether oxygens (including phenoxy) is 1. The number of amides is 2. The van der Waals surface area contributed by atoms with Crippen LogP contribution in [-0.4, -0.2) is 54.9 Å². The molecule has 0 spiro atoms. The van der Waals surface area contributed by atoms with Gasteiger partial charge in [0.05, 0.1) is 13.2 Å². The van der Waals surface area contributed by atoms with Crippen molar-refractivity contribution in [3.8, 4) is 0 Å². The average Bonchev–Trinajstić information content (AvgIpc) is 2.53. The van der Waals surface area contributed by atoms with E-state index >= 15 is 0 Å². The van der Waals surface area contributed by atoms with Crippen LogP contribution in [-0.2, 0) is 14.3 Å². The Kier molecular flexibility index (Phi) is 5.80.